The minimum absolute atomic E-state index is 0.0499. The van der Waals surface area contributed by atoms with Crippen molar-refractivity contribution in [3.63, 3.8) is 0 Å². The molecule has 24 heavy (non-hydrogen) atoms. The number of hydrogen-bond donors (Lipinski definition) is 1. The summed E-state index contributed by atoms with van der Waals surface area (Å²) in [5.41, 5.74) is 7.00. The van der Waals surface area contributed by atoms with Crippen molar-refractivity contribution in [3.05, 3.63) is 29.6 Å². The van der Waals surface area contributed by atoms with Gasteiger partial charge in [-0.1, -0.05) is 6.07 Å². The van der Waals surface area contributed by atoms with Crippen molar-refractivity contribution in [1.82, 2.24) is 9.88 Å². The topological polar surface area (TPSA) is 85.5 Å². The van der Waals surface area contributed by atoms with Crippen LogP contribution in [0.5, 0.6) is 0 Å². The van der Waals surface area contributed by atoms with Gasteiger partial charge in [-0.05, 0) is 44.2 Å². The number of carbonyl (C=O) groups is 2. The van der Waals surface area contributed by atoms with E-state index >= 15 is 0 Å². The third kappa shape index (κ3) is 3.93. The molecule has 0 spiro atoms. The summed E-state index contributed by atoms with van der Waals surface area (Å²) in [6.07, 6.45) is 4.42. The van der Waals surface area contributed by atoms with Crippen LogP contribution in [0.15, 0.2) is 18.2 Å². The molecule has 1 aromatic heterocycles. The second-order valence-corrected chi connectivity index (χ2v) is 6.60. The highest BCUT2D eigenvalue weighted by Crippen LogP contribution is 2.33. The molecule has 6 heteroatoms. The summed E-state index contributed by atoms with van der Waals surface area (Å²) in [6, 6.07) is 5.89. The molecule has 130 valence electrons. The Hall–Kier alpha value is -1.95. The van der Waals surface area contributed by atoms with Crippen LogP contribution in [0.4, 0.5) is 0 Å². The van der Waals surface area contributed by atoms with E-state index in [0.29, 0.717) is 26.1 Å². The van der Waals surface area contributed by atoms with Crippen LogP contribution in [0.3, 0.4) is 0 Å². The molecule has 3 rings (SSSR count). The van der Waals surface area contributed by atoms with Gasteiger partial charge in [0.05, 0.1) is 11.7 Å². The SMILES string of the molecule is NC(=O)CCc1cccc([C@H]2CCCN2C(=O)C2CCOCC2)n1. The van der Waals surface area contributed by atoms with Crippen LogP contribution < -0.4 is 5.73 Å². The van der Waals surface area contributed by atoms with E-state index < -0.39 is 0 Å². The van der Waals surface area contributed by atoms with Gasteiger partial charge in [0.15, 0.2) is 0 Å². The zero-order valence-corrected chi connectivity index (χ0v) is 13.9. The highest BCUT2D eigenvalue weighted by Gasteiger charge is 2.35. The molecule has 1 aromatic rings. The van der Waals surface area contributed by atoms with Gasteiger partial charge in [-0.25, -0.2) is 0 Å². The van der Waals surface area contributed by atoms with Crippen molar-refractivity contribution in [2.75, 3.05) is 19.8 Å². The number of pyridine rings is 1. The molecule has 2 N–H and O–H groups in total. The second-order valence-electron chi connectivity index (χ2n) is 6.60. The second kappa shape index (κ2) is 7.75. The lowest BCUT2D eigenvalue weighted by Crippen LogP contribution is -2.38. The van der Waals surface area contributed by atoms with Crippen LogP contribution in [0.2, 0.25) is 0 Å². The molecule has 3 heterocycles. The molecule has 2 fully saturated rings. The average molecular weight is 331 g/mol. The van der Waals surface area contributed by atoms with Crippen LogP contribution in [0, 0.1) is 5.92 Å². The number of rotatable bonds is 5. The number of likely N-dealkylation sites (tertiary alicyclic amines) is 1. The van der Waals surface area contributed by atoms with Gasteiger partial charge >= 0.3 is 0 Å². The van der Waals surface area contributed by atoms with Crippen molar-refractivity contribution in [2.24, 2.45) is 11.7 Å². The number of hydrogen-bond acceptors (Lipinski definition) is 4. The molecule has 0 aliphatic carbocycles. The Morgan fingerprint density at radius 2 is 2.04 bits per heavy atom. The largest absolute Gasteiger partial charge is 0.381 e. The quantitative estimate of drug-likeness (QED) is 0.888. The van der Waals surface area contributed by atoms with E-state index in [1.807, 2.05) is 23.1 Å². The molecule has 0 radical (unpaired) electrons. The number of nitrogens with zero attached hydrogens (tertiary/aromatic N) is 2. The van der Waals surface area contributed by atoms with Gasteiger partial charge in [-0.3, -0.25) is 14.6 Å². The van der Waals surface area contributed by atoms with Gasteiger partial charge in [0.1, 0.15) is 0 Å². The predicted molar refractivity (Wildman–Crippen MR) is 89.0 cm³/mol. The highest BCUT2D eigenvalue weighted by atomic mass is 16.5. The van der Waals surface area contributed by atoms with E-state index in [1.165, 1.54) is 0 Å². The van der Waals surface area contributed by atoms with Crippen molar-refractivity contribution in [3.8, 4) is 0 Å². The van der Waals surface area contributed by atoms with Gasteiger partial charge in [0.2, 0.25) is 11.8 Å². The lowest BCUT2D eigenvalue weighted by atomic mass is 9.98. The number of amides is 2. The standard InChI is InChI=1S/C18H25N3O3/c19-17(22)7-6-14-3-1-4-15(20-14)16-5-2-10-21(16)18(23)13-8-11-24-12-9-13/h1,3-4,13,16H,2,5-12H2,(H2,19,22)/t16-/m1/s1. The number of carbonyl (C=O) groups excluding carboxylic acids is 2. The van der Waals surface area contributed by atoms with Crippen molar-refractivity contribution < 1.29 is 14.3 Å². The lowest BCUT2D eigenvalue weighted by Gasteiger charge is -2.30. The Kier molecular flexibility index (Phi) is 5.45. The maximum atomic E-state index is 12.9. The number of nitrogens with two attached hydrogens (primary N) is 1. The van der Waals surface area contributed by atoms with E-state index in [-0.39, 0.29) is 23.8 Å². The van der Waals surface area contributed by atoms with Crippen LogP contribution in [0.25, 0.3) is 0 Å². The molecule has 2 saturated heterocycles. The summed E-state index contributed by atoms with van der Waals surface area (Å²) in [5, 5.41) is 0. The number of aromatic nitrogens is 1. The van der Waals surface area contributed by atoms with Crippen molar-refractivity contribution >= 4 is 11.8 Å². The summed E-state index contributed by atoms with van der Waals surface area (Å²) < 4.78 is 5.37. The maximum absolute atomic E-state index is 12.9. The molecule has 1 atom stereocenters. The van der Waals surface area contributed by atoms with E-state index in [1.54, 1.807) is 0 Å². The predicted octanol–water partition coefficient (Wildman–Crippen LogP) is 1.59. The Labute approximate surface area is 142 Å². The smallest absolute Gasteiger partial charge is 0.226 e. The molecule has 2 amide bonds. The minimum Gasteiger partial charge on any atom is -0.381 e. The number of ether oxygens (including phenoxy) is 1. The third-order valence-electron chi connectivity index (χ3n) is 4.90. The fourth-order valence-corrected chi connectivity index (χ4v) is 3.59. The van der Waals surface area contributed by atoms with Crippen LogP contribution in [-0.4, -0.2) is 41.5 Å². The molecule has 0 bridgehead atoms. The Morgan fingerprint density at radius 3 is 2.79 bits per heavy atom. The van der Waals surface area contributed by atoms with E-state index in [2.05, 4.69) is 4.98 Å². The summed E-state index contributed by atoms with van der Waals surface area (Å²) in [5.74, 6) is 0.00178. The summed E-state index contributed by atoms with van der Waals surface area (Å²) in [4.78, 5) is 30.5. The van der Waals surface area contributed by atoms with Crippen molar-refractivity contribution in [1.29, 1.82) is 0 Å². The first-order valence-electron chi connectivity index (χ1n) is 8.77. The number of aryl methyl sites for hydroxylation is 1. The fourth-order valence-electron chi connectivity index (χ4n) is 3.59. The molecule has 0 unspecified atom stereocenters. The molecule has 0 aromatic carbocycles. The van der Waals surface area contributed by atoms with Crippen LogP contribution >= 0.6 is 0 Å². The Morgan fingerprint density at radius 1 is 1.25 bits per heavy atom. The first-order valence-corrected chi connectivity index (χ1v) is 8.77. The molecular weight excluding hydrogens is 306 g/mol. The Bertz CT molecular complexity index is 599. The molecule has 0 saturated carbocycles. The van der Waals surface area contributed by atoms with Gasteiger partial charge < -0.3 is 15.4 Å². The fraction of sp³-hybridized carbons (Fsp3) is 0.611. The maximum Gasteiger partial charge on any atom is 0.226 e. The normalized spacial score (nSPS) is 21.8. The molecule has 6 nitrogen and oxygen atoms in total. The van der Waals surface area contributed by atoms with Gasteiger partial charge in [0.25, 0.3) is 0 Å². The van der Waals surface area contributed by atoms with Crippen molar-refractivity contribution in [2.45, 2.75) is 44.6 Å². The monoisotopic (exact) mass is 331 g/mol. The van der Waals surface area contributed by atoms with E-state index in [9.17, 15) is 9.59 Å². The molecule has 2 aliphatic heterocycles. The Balaban J connectivity index is 1.71. The first kappa shape index (κ1) is 16.9. The van der Waals surface area contributed by atoms with E-state index in [4.69, 9.17) is 10.5 Å². The molecule has 2 aliphatic rings. The first-order chi connectivity index (χ1) is 11.6. The zero-order valence-electron chi connectivity index (χ0n) is 13.9. The number of primary amides is 1. The minimum atomic E-state index is -0.320. The van der Waals surface area contributed by atoms with Crippen LogP contribution in [0.1, 0.15) is 49.5 Å². The van der Waals surface area contributed by atoms with Gasteiger partial charge in [0, 0.05) is 37.8 Å². The third-order valence-corrected chi connectivity index (χ3v) is 4.90. The average Bonchev–Trinajstić information content (AvgIpc) is 3.10. The van der Waals surface area contributed by atoms with Gasteiger partial charge in [-0.2, -0.15) is 0 Å². The summed E-state index contributed by atoms with van der Waals surface area (Å²) in [6.45, 7) is 2.15. The highest BCUT2D eigenvalue weighted by molar-refractivity contribution is 5.79. The van der Waals surface area contributed by atoms with Crippen LogP contribution in [-0.2, 0) is 20.7 Å². The lowest BCUT2D eigenvalue weighted by molar-refractivity contribution is -0.139. The summed E-state index contributed by atoms with van der Waals surface area (Å²) in [7, 11) is 0. The summed E-state index contributed by atoms with van der Waals surface area (Å²) >= 11 is 0. The zero-order chi connectivity index (χ0) is 16.9. The van der Waals surface area contributed by atoms with E-state index in [0.717, 1.165) is 43.6 Å². The van der Waals surface area contributed by atoms with Gasteiger partial charge in [-0.15, -0.1) is 0 Å². The molecular formula is C18H25N3O3.